The minimum absolute atomic E-state index is 0.175. The van der Waals surface area contributed by atoms with Crippen LogP contribution in [0.15, 0.2) is 30.3 Å². The first kappa shape index (κ1) is 15.6. The van der Waals surface area contributed by atoms with E-state index in [0.29, 0.717) is 12.1 Å². The molecule has 21 heavy (non-hydrogen) atoms. The Morgan fingerprint density at radius 1 is 1.00 bits per heavy atom. The van der Waals surface area contributed by atoms with Crippen LogP contribution in [0.1, 0.15) is 40.8 Å². The normalized spacial score (nSPS) is 12.5. The molecular formula is C18H21F2N. The van der Waals surface area contributed by atoms with E-state index in [2.05, 4.69) is 38.2 Å². The summed E-state index contributed by atoms with van der Waals surface area (Å²) in [5, 5.41) is 3.31. The Balaban J connectivity index is 2.13. The molecule has 0 heterocycles. The molecule has 2 aromatic carbocycles. The summed E-state index contributed by atoms with van der Waals surface area (Å²) in [6.45, 7) is 8.79. The maximum atomic E-state index is 13.8. The van der Waals surface area contributed by atoms with Crippen LogP contribution >= 0.6 is 0 Å². The Labute approximate surface area is 125 Å². The van der Waals surface area contributed by atoms with Gasteiger partial charge in [0.1, 0.15) is 11.6 Å². The van der Waals surface area contributed by atoms with Crippen LogP contribution in [0.4, 0.5) is 8.78 Å². The van der Waals surface area contributed by atoms with E-state index < -0.39 is 11.6 Å². The third kappa shape index (κ3) is 3.67. The standard InChI is InChI=1S/C18H21F2N/c1-11-7-12(2)17(13(3)8-11)10-21-14(4)16-6-5-15(19)9-18(16)20/h5-9,14,21H,10H2,1-4H3. The fourth-order valence-corrected chi connectivity index (χ4v) is 2.71. The van der Waals surface area contributed by atoms with Gasteiger partial charge in [-0.2, -0.15) is 0 Å². The number of halogens is 2. The number of aryl methyl sites for hydroxylation is 3. The van der Waals surface area contributed by atoms with Gasteiger partial charge < -0.3 is 5.32 Å². The molecule has 112 valence electrons. The number of rotatable bonds is 4. The van der Waals surface area contributed by atoms with Crippen LogP contribution in [0.2, 0.25) is 0 Å². The largest absolute Gasteiger partial charge is 0.306 e. The van der Waals surface area contributed by atoms with Crippen molar-refractivity contribution in [2.24, 2.45) is 0 Å². The van der Waals surface area contributed by atoms with E-state index in [0.717, 1.165) is 6.07 Å². The predicted octanol–water partition coefficient (Wildman–Crippen LogP) is 4.74. The van der Waals surface area contributed by atoms with Gasteiger partial charge in [0.05, 0.1) is 0 Å². The van der Waals surface area contributed by atoms with Gasteiger partial charge in [-0.15, -0.1) is 0 Å². The van der Waals surface area contributed by atoms with Crippen molar-refractivity contribution >= 4 is 0 Å². The lowest BCUT2D eigenvalue weighted by molar-refractivity contribution is 0.517. The topological polar surface area (TPSA) is 12.0 Å². The number of hydrogen-bond acceptors (Lipinski definition) is 1. The smallest absolute Gasteiger partial charge is 0.130 e. The molecule has 3 heteroatoms. The highest BCUT2D eigenvalue weighted by molar-refractivity contribution is 5.37. The maximum Gasteiger partial charge on any atom is 0.130 e. The molecule has 1 N–H and O–H groups in total. The first-order valence-corrected chi connectivity index (χ1v) is 7.13. The zero-order chi connectivity index (χ0) is 15.6. The summed E-state index contributed by atoms with van der Waals surface area (Å²) in [6.07, 6.45) is 0. The van der Waals surface area contributed by atoms with Crippen molar-refractivity contribution in [3.05, 3.63) is 69.8 Å². The Hall–Kier alpha value is -1.74. The second-order valence-electron chi connectivity index (χ2n) is 5.65. The molecule has 0 bridgehead atoms. The van der Waals surface area contributed by atoms with Gasteiger partial charge in [-0.25, -0.2) is 8.78 Å². The quantitative estimate of drug-likeness (QED) is 0.857. The summed E-state index contributed by atoms with van der Waals surface area (Å²) in [7, 11) is 0. The SMILES string of the molecule is Cc1cc(C)c(CNC(C)c2ccc(F)cc2F)c(C)c1. The lowest BCUT2D eigenvalue weighted by atomic mass is 9.99. The summed E-state index contributed by atoms with van der Waals surface area (Å²) < 4.78 is 26.7. The highest BCUT2D eigenvalue weighted by Gasteiger charge is 2.12. The van der Waals surface area contributed by atoms with Crippen LogP contribution < -0.4 is 5.32 Å². The van der Waals surface area contributed by atoms with E-state index in [1.54, 1.807) is 0 Å². The molecule has 0 aliphatic rings. The molecule has 1 nitrogen and oxygen atoms in total. The zero-order valence-electron chi connectivity index (χ0n) is 12.9. The van der Waals surface area contributed by atoms with Crippen LogP contribution in [-0.4, -0.2) is 0 Å². The second kappa shape index (κ2) is 6.35. The Bertz CT molecular complexity index is 627. The fourth-order valence-electron chi connectivity index (χ4n) is 2.71. The van der Waals surface area contributed by atoms with E-state index in [-0.39, 0.29) is 6.04 Å². The molecule has 0 saturated carbocycles. The molecule has 0 radical (unpaired) electrons. The lowest BCUT2D eigenvalue weighted by Gasteiger charge is -2.18. The van der Waals surface area contributed by atoms with Gasteiger partial charge >= 0.3 is 0 Å². The summed E-state index contributed by atoms with van der Waals surface area (Å²) in [5.74, 6) is -1.05. The third-order valence-corrected chi connectivity index (χ3v) is 3.85. The van der Waals surface area contributed by atoms with Crippen molar-refractivity contribution < 1.29 is 8.78 Å². The lowest BCUT2D eigenvalue weighted by Crippen LogP contribution is -2.20. The first-order chi connectivity index (χ1) is 9.88. The number of hydrogen-bond donors (Lipinski definition) is 1. The summed E-state index contributed by atoms with van der Waals surface area (Å²) in [4.78, 5) is 0. The van der Waals surface area contributed by atoms with Crippen LogP contribution in [0.5, 0.6) is 0 Å². The summed E-state index contributed by atoms with van der Waals surface area (Å²) >= 11 is 0. The monoisotopic (exact) mass is 289 g/mol. The molecule has 0 aromatic heterocycles. The highest BCUT2D eigenvalue weighted by atomic mass is 19.1. The molecule has 0 spiro atoms. The molecule has 1 unspecified atom stereocenters. The summed E-state index contributed by atoms with van der Waals surface area (Å²) in [5.41, 5.74) is 5.42. The van der Waals surface area contributed by atoms with E-state index in [4.69, 9.17) is 0 Å². The van der Waals surface area contributed by atoms with Gasteiger partial charge in [0.2, 0.25) is 0 Å². The van der Waals surface area contributed by atoms with Gasteiger partial charge in [0.15, 0.2) is 0 Å². The second-order valence-corrected chi connectivity index (χ2v) is 5.65. The van der Waals surface area contributed by atoms with Crippen molar-refractivity contribution in [3.8, 4) is 0 Å². The minimum Gasteiger partial charge on any atom is -0.306 e. The molecule has 1 atom stereocenters. The van der Waals surface area contributed by atoms with Crippen molar-refractivity contribution in [2.75, 3.05) is 0 Å². The molecule has 2 rings (SSSR count). The van der Waals surface area contributed by atoms with E-state index in [1.165, 1.54) is 34.4 Å². The molecule has 2 aromatic rings. The van der Waals surface area contributed by atoms with Crippen LogP contribution in [0, 0.1) is 32.4 Å². The van der Waals surface area contributed by atoms with Gasteiger partial charge in [0, 0.05) is 24.2 Å². The van der Waals surface area contributed by atoms with Crippen LogP contribution in [0.25, 0.3) is 0 Å². The first-order valence-electron chi connectivity index (χ1n) is 7.13. The maximum absolute atomic E-state index is 13.8. The summed E-state index contributed by atoms with van der Waals surface area (Å²) in [6, 6.07) is 7.83. The van der Waals surface area contributed by atoms with Crippen molar-refractivity contribution in [3.63, 3.8) is 0 Å². The van der Waals surface area contributed by atoms with Gasteiger partial charge in [-0.1, -0.05) is 23.8 Å². The fraction of sp³-hybridized carbons (Fsp3) is 0.333. The number of benzene rings is 2. The Morgan fingerprint density at radius 3 is 2.19 bits per heavy atom. The Morgan fingerprint density at radius 2 is 1.62 bits per heavy atom. The van der Waals surface area contributed by atoms with Crippen LogP contribution in [0.3, 0.4) is 0 Å². The Kier molecular flexibility index (Phi) is 4.73. The van der Waals surface area contributed by atoms with Gasteiger partial charge in [-0.05, 0) is 50.5 Å². The molecule has 0 saturated heterocycles. The average Bonchev–Trinajstić information content (AvgIpc) is 2.36. The molecular weight excluding hydrogens is 268 g/mol. The predicted molar refractivity (Wildman–Crippen MR) is 82.3 cm³/mol. The average molecular weight is 289 g/mol. The molecule has 0 amide bonds. The highest BCUT2D eigenvalue weighted by Crippen LogP contribution is 2.20. The van der Waals surface area contributed by atoms with Crippen LogP contribution in [-0.2, 0) is 6.54 Å². The van der Waals surface area contributed by atoms with E-state index >= 15 is 0 Å². The zero-order valence-corrected chi connectivity index (χ0v) is 12.9. The van der Waals surface area contributed by atoms with Crippen molar-refractivity contribution in [2.45, 2.75) is 40.3 Å². The van der Waals surface area contributed by atoms with Gasteiger partial charge in [0.25, 0.3) is 0 Å². The van der Waals surface area contributed by atoms with Crippen molar-refractivity contribution in [1.82, 2.24) is 5.32 Å². The number of nitrogens with one attached hydrogen (secondary N) is 1. The molecule has 0 aliphatic heterocycles. The van der Waals surface area contributed by atoms with E-state index in [9.17, 15) is 8.78 Å². The third-order valence-electron chi connectivity index (χ3n) is 3.85. The minimum atomic E-state index is -0.548. The molecule has 0 fully saturated rings. The van der Waals surface area contributed by atoms with E-state index in [1.807, 2.05) is 6.92 Å². The molecule has 0 aliphatic carbocycles. The van der Waals surface area contributed by atoms with Gasteiger partial charge in [-0.3, -0.25) is 0 Å². The van der Waals surface area contributed by atoms with Crippen molar-refractivity contribution in [1.29, 1.82) is 0 Å².